The zero-order chi connectivity index (χ0) is 17.3. The van der Waals surface area contributed by atoms with E-state index in [1.165, 1.54) is 6.42 Å². The highest BCUT2D eigenvalue weighted by molar-refractivity contribution is 8.01. The van der Waals surface area contributed by atoms with Crippen molar-refractivity contribution >= 4 is 29.5 Å². The van der Waals surface area contributed by atoms with E-state index in [4.69, 9.17) is 4.74 Å². The zero-order valence-corrected chi connectivity index (χ0v) is 15.2. The number of carbonyl (C=O) groups is 3. The Labute approximate surface area is 147 Å². The Morgan fingerprint density at radius 1 is 1.38 bits per heavy atom. The molecule has 6 nitrogen and oxygen atoms in total. The van der Waals surface area contributed by atoms with Gasteiger partial charge in [-0.05, 0) is 32.1 Å². The maximum Gasteiger partial charge on any atom is 0.330 e. The Bertz CT molecular complexity index is 541. The van der Waals surface area contributed by atoms with Crippen LogP contribution < -0.4 is 5.32 Å². The number of hydrogen-bond donors (Lipinski definition) is 1. The van der Waals surface area contributed by atoms with Crippen molar-refractivity contribution in [1.82, 2.24) is 10.2 Å². The van der Waals surface area contributed by atoms with Crippen LogP contribution in [0, 0.1) is 5.92 Å². The number of thioether (sulfide) groups is 1. The zero-order valence-electron chi connectivity index (χ0n) is 14.4. The lowest BCUT2D eigenvalue weighted by Gasteiger charge is -2.30. The van der Waals surface area contributed by atoms with Crippen LogP contribution in [0.15, 0.2) is 0 Å². The molecule has 2 saturated heterocycles. The van der Waals surface area contributed by atoms with Crippen LogP contribution >= 0.6 is 11.8 Å². The summed E-state index contributed by atoms with van der Waals surface area (Å²) in [5, 5.41) is 2.98. The molecule has 7 heteroatoms. The second kappa shape index (κ2) is 6.94. The fourth-order valence-electron chi connectivity index (χ4n) is 4.01. The Morgan fingerprint density at radius 3 is 2.88 bits per heavy atom. The summed E-state index contributed by atoms with van der Waals surface area (Å²) in [5.74, 6) is 0.302. The third kappa shape index (κ3) is 3.41. The van der Waals surface area contributed by atoms with E-state index in [2.05, 4.69) is 12.2 Å². The lowest BCUT2D eigenvalue weighted by molar-refractivity contribution is -0.156. The van der Waals surface area contributed by atoms with Crippen LogP contribution in [0.2, 0.25) is 0 Å². The van der Waals surface area contributed by atoms with Gasteiger partial charge in [-0.2, -0.15) is 0 Å². The van der Waals surface area contributed by atoms with E-state index in [0.29, 0.717) is 18.1 Å². The quantitative estimate of drug-likeness (QED) is 0.778. The normalized spacial score (nSPS) is 35.7. The summed E-state index contributed by atoms with van der Waals surface area (Å²) < 4.78 is 5.21. The first-order valence-electron chi connectivity index (χ1n) is 8.83. The summed E-state index contributed by atoms with van der Waals surface area (Å²) in [5.41, 5.74) is 0. The minimum Gasteiger partial charge on any atom is -0.454 e. The number of rotatable bonds is 4. The molecule has 4 atom stereocenters. The van der Waals surface area contributed by atoms with Crippen LogP contribution in [0.1, 0.15) is 52.4 Å². The predicted octanol–water partition coefficient (Wildman–Crippen LogP) is 1.68. The molecule has 1 aliphatic carbocycles. The Hall–Kier alpha value is -1.24. The highest BCUT2D eigenvalue weighted by Gasteiger charge is 2.53. The van der Waals surface area contributed by atoms with Gasteiger partial charge in [-0.1, -0.05) is 19.8 Å². The lowest BCUT2D eigenvalue weighted by Crippen LogP contribution is -2.48. The minimum absolute atomic E-state index is 0.00457. The summed E-state index contributed by atoms with van der Waals surface area (Å²) in [6.45, 7) is 3.88. The summed E-state index contributed by atoms with van der Waals surface area (Å²) >= 11 is 1.62. The van der Waals surface area contributed by atoms with Crippen molar-refractivity contribution in [3.8, 4) is 0 Å². The van der Waals surface area contributed by atoms with Gasteiger partial charge in [-0.15, -0.1) is 11.8 Å². The van der Waals surface area contributed by atoms with Crippen molar-refractivity contribution in [3.63, 3.8) is 0 Å². The molecule has 0 aromatic carbocycles. The second-order valence-corrected chi connectivity index (χ2v) is 8.81. The summed E-state index contributed by atoms with van der Waals surface area (Å²) in [6.07, 6.45) is 5.70. The fraction of sp³-hybridized carbons (Fsp3) is 0.824. The molecule has 0 bridgehead atoms. The van der Waals surface area contributed by atoms with Gasteiger partial charge in [-0.25, -0.2) is 4.79 Å². The summed E-state index contributed by atoms with van der Waals surface area (Å²) in [6, 6.07) is -0.383. The highest BCUT2D eigenvalue weighted by Crippen LogP contribution is 2.47. The average Bonchev–Trinajstić information content (AvgIpc) is 3.04. The molecule has 0 aromatic heterocycles. The van der Waals surface area contributed by atoms with Gasteiger partial charge >= 0.3 is 5.97 Å². The first-order chi connectivity index (χ1) is 11.4. The van der Waals surface area contributed by atoms with Gasteiger partial charge in [0.2, 0.25) is 5.91 Å². The van der Waals surface area contributed by atoms with Crippen LogP contribution in [0.25, 0.3) is 0 Å². The first-order valence-corrected chi connectivity index (χ1v) is 9.81. The van der Waals surface area contributed by atoms with Gasteiger partial charge in [0, 0.05) is 18.2 Å². The molecular formula is C17H26N2O4S. The molecule has 3 rings (SSSR count). The second-order valence-electron chi connectivity index (χ2n) is 7.31. The van der Waals surface area contributed by atoms with Crippen LogP contribution in [0.3, 0.4) is 0 Å². The van der Waals surface area contributed by atoms with Crippen molar-refractivity contribution in [2.75, 3.05) is 12.4 Å². The summed E-state index contributed by atoms with van der Waals surface area (Å²) in [4.78, 5) is 37.8. The average molecular weight is 354 g/mol. The molecule has 1 N–H and O–H groups in total. The van der Waals surface area contributed by atoms with E-state index in [0.717, 1.165) is 25.7 Å². The number of hydrogen-bond acceptors (Lipinski definition) is 5. The van der Waals surface area contributed by atoms with Gasteiger partial charge in [0.15, 0.2) is 6.61 Å². The fourth-order valence-corrected chi connectivity index (χ4v) is 5.42. The van der Waals surface area contributed by atoms with Crippen LogP contribution in [0.5, 0.6) is 0 Å². The van der Waals surface area contributed by atoms with Gasteiger partial charge in [0.1, 0.15) is 6.04 Å². The van der Waals surface area contributed by atoms with Crippen molar-refractivity contribution in [3.05, 3.63) is 0 Å². The monoisotopic (exact) mass is 354 g/mol. The number of esters is 1. The molecule has 2 aliphatic heterocycles. The van der Waals surface area contributed by atoms with Crippen LogP contribution in [-0.4, -0.2) is 52.0 Å². The first kappa shape index (κ1) is 17.6. The molecule has 134 valence electrons. The number of nitrogens with zero attached hydrogens (tertiary/aromatic N) is 1. The predicted molar refractivity (Wildman–Crippen MR) is 91.3 cm³/mol. The van der Waals surface area contributed by atoms with Gasteiger partial charge in [-0.3, -0.25) is 9.59 Å². The maximum atomic E-state index is 12.3. The number of carbonyl (C=O) groups excluding carboxylic acids is 3. The largest absolute Gasteiger partial charge is 0.454 e. The molecule has 3 fully saturated rings. The van der Waals surface area contributed by atoms with Crippen molar-refractivity contribution in [1.29, 1.82) is 0 Å². The van der Waals surface area contributed by atoms with Crippen LogP contribution in [0.4, 0.5) is 0 Å². The molecular weight excluding hydrogens is 328 g/mol. The molecule has 2 amide bonds. The summed E-state index contributed by atoms with van der Waals surface area (Å²) in [7, 11) is 0. The van der Waals surface area contributed by atoms with E-state index in [-0.39, 0.29) is 29.3 Å². The molecule has 1 saturated carbocycles. The standard InChI is InChI=1S/C17H26N2O4S/c1-11-5-3-4-6-12(11)18-14(20)9-23-16(22)13-10-24-17(2)8-7-15(21)19(13)17/h11-13H,3-10H2,1-2H3,(H,18,20)/t11-,12-,13-,17-/m0/s1. The van der Waals surface area contributed by atoms with Gasteiger partial charge in [0.05, 0.1) is 4.87 Å². The molecule has 0 aromatic rings. The smallest absolute Gasteiger partial charge is 0.330 e. The SMILES string of the molecule is C[C@H]1CCCC[C@@H]1NC(=O)COC(=O)[C@@H]1CS[C@@]2(C)CCC(=O)N12. The molecule has 0 radical (unpaired) electrons. The number of ether oxygens (including phenoxy) is 1. The Balaban J connectivity index is 1.49. The van der Waals surface area contributed by atoms with Crippen molar-refractivity contribution in [2.24, 2.45) is 5.92 Å². The third-order valence-corrected chi connectivity index (χ3v) is 7.03. The number of fused-ring (bicyclic) bond motifs is 1. The van der Waals surface area contributed by atoms with E-state index >= 15 is 0 Å². The van der Waals surface area contributed by atoms with E-state index < -0.39 is 12.0 Å². The Morgan fingerprint density at radius 2 is 2.12 bits per heavy atom. The van der Waals surface area contributed by atoms with Crippen molar-refractivity contribution < 1.29 is 19.1 Å². The minimum atomic E-state index is -0.559. The maximum absolute atomic E-state index is 12.3. The topological polar surface area (TPSA) is 75.7 Å². The Kier molecular flexibility index (Phi) is 5.08. The molecule has 2 heterocycles. The third-order valence-electron chi connectivity index (χ3n) is 5.52. The molecule has 0 spiro atoms. The van der Waals surface area contributed by atoms with E-state index in [9.17, 15) is 14.4 Å². The van der Waals surface area contributed by atoms with E-state index in [1.807, 2.05) is 6.92 Å². The van der Waals surface area contributed by atoms with E-state index in [1.54, 1.807) is 16.7 Å². The van der Waals surface area contributed by atoms with Gasteiger partial charge in [0.25, 0.3) is 5.91 Å². The molecule has 24 heavy (non-hydrogen) atoms. The van der Waals surface area contributed by atoms with Crippen molar-refractivity contribution in [2.45, 2.75) is 69.3 Å². The lowest BCUT2D eigenvalue weighted by atomic mass is 9.86. The molecule has 3 aliphatic rings. The number of nitrogens with one attached hydrogen (secondary N) is 1. The highest BCUT2D eigenvalue weighted by atomic mass is 32.2. The number of amides is 2. The van der Waals surface area contributed by atoms with Gasteiger partial charge < -0.3 is 15.0 Å². The molecule has 0 unspecified atom stereocenters. The van der Waals surface area contributed by atoms with Crippen LogP contribution in [-0.2, 0) is 19.1 Å².